The molecule has 0 spiro atoms. The molecule has 2 aromatic carbocycles. The summed E-state index contributed by atoms with van der Waals surface area (Å²) < 4.78 is 0. The second-order valence-electron chi connectivity index (χ2n) is 8.58. The van der Waals surface area contributed by atoms with E-state index in [0.717, 1.165) is 38.8 Å². The van der Waals surface area contributed by atoms with E-state index in [9.17, 15) is 4.79 Å². The molecule has 0 aliphatic carbocycles. The van der Waals surface area contributed by atoms with E-state index in [-0.39, 0.29) is 5.56 Å². The zero-order chi connectivity index (χ0) is 23.5. The highest BCUT2D eigenvalue weighted by atomic mass is 32.1. The largest absolute Gasteiger partial charge is 0.340 e. The van der Waals surface area contributed by atoms with Crippen LogP contribution in [0, 0.1) is 27.7 Å². The van der Waals surface area contributed by atoms with E-state index in [2.05, 4.69) is 54.3 Å². The van der Waals surface area contributed by atoms with Crippen LogP contribution in [-0.2, 0) is 13.1 Å². The van der Waals surface area contributed by atoms with Crippen LogP contribution in [0.25, 0.3) is 10.9 Å². The standard InChI is InChI=1S/C27H28N4OS/c1-17-7-10-24(20(4)12-17)29-27(33)31(15-21-6-5-11-28-14-21)16-22-13-23-18(2)8-9-19(3)25(23)30-26(22)32/h5-14H,15-16H2,1-4H3,(H,29,33)(H,30,32). The first-order valence-corrected chi connectivity index (χ1v) is 11.4. The average Bonchev–Trinajstić information content (AvgIpc) is 2.79. The van der Waals surface area contributed by atoms with Crippen LogP contribution in [0.2, 0.25) is 0 Å². The third-order valence-electron chi connectivity index (χ3n) is 5.89. The van der Waals surface area contributed by atoms with Crippen molar-refractivity contribution in [1.29, 1.82) is 0 Å². The number of nitrogens with one attached hydrogen (secondary N) is 2. The summed E-state index contributed by atoms with van der Waals surface area (Å²) in [7, 11) is 0. The number of nitrogens with zero attached hydrogens (tertiary/aromatic N) is 2. The highest BCUT2D eigenvalue weighted by Crippen LogP contribution is 2.22. The lowest BCUT2D eigenvalue weighted by Crippen LogP contribution is -2.35. The highest BCUT2D eigenvalue weighted by molar-refractivity contribution is 7.80. The number of aryl methyl sites for hydroxylation is 4. The van der Waals surface area contributed by atoms with Gasteiger partial charge in [0.15, 0.2) is 5.11 Å². The zero-order valence-electron chi connectivity index (χ0n) is 19.4. The molecule has 0 atom stereocenters. The number of anilines is 1. The van der Waals surface area contributed by atoms with Crippen LogP contribution in [0.1, 0.15) is 33.4 Å². The predicted molar refractivity (Wildman–Crippen MR) is 140 cm³/mol. The van der Waals surface area contributed by atoms with E-state index >= 15 is 0 Å². The second-order valence-corrected chi connectivity index (χ2v) is 8.96. The number of hydrogen-bond donors (Lipinski definition) is 2. The molecule has 4 rings (SSSR count). The van der Waals surface area contributed by atoms with Crippen molar-refractivity contribution in [3.63, 3.8) is 0 Å². The van der Waals surface area contributed by atoms with Crippen molar-refractivity contribution in [2.75, 3.05) is 5.32 Å². The van der Waals surface area contributed by atoms with Crippen molar-refractivity contribution < 1.29 is 0 Å². The number of pyridine rings is 2. The van der Waals surface area contributed by atoms with E-state index in [0.29, 0.717) is 23.8 Å². The van der Waals surface area contributed by atoms with Gasteiger partial charge >= 0.3 is 0 Å². The van der Waals surface area contributed by atoms with Gasteiger partial charge in [0.2, 0.25) is 0 Å². The summed E-state index contributed by atoms with van der Waals surface area (Å²) in [5, 5.41) is 5.00. The third kappa shape index (κ3) is 5.12. The number of thiocarbonyl (C=S) groups is 1. The molecule has 168 valence electrons. The van der Waals surface area contributed by atoms with Gasteiger partial charge in [-0.3, -0.25) is 9.78 Å². The lowest BCUT2D eigenvalue weighted by molar-refractivity contribution is 0.410. The first-order valence-electron chi connectivity index (χ1n) is 11.0. The topological polar surface area (TPSA) is 61.0 Å². The number of H-pyrrole nitrogens is 1. The van der Waals surface area contributed by atoms with Gasteiger partial charge in [0.25, 0.3) is 5.56 Å². The van der Waals surface area contributed by atoms with Crippen molar-refractivity contribution in [3.05, 3.63) is 105 Å². The molecule has 4 aromatic rings. The Bertz CT molecular complexity index is 1380. The summed E-state index contributed by atoms with van der Waals surface area (Å²) in [6.45, 7) is 9.11. The van der Waals surface area contributed by atoms with Crippen LogP contribution < -0.4 is 10.9 Å². The van der Waals surface area contributed by atoms with Crippen LogP contribution in [0.3, 0.4) is 0 Å². The molecule has 0 fully saturated rings. The average molecular weight is 457 g/mol. The van der Waals surface area contributed by atoms with Gasteiger partial charge in [-0.15, -0.1) is 0 Å². The Morgan fingerprint density at radius 2 is 1.79 bits per heavy atom. The summed E-state index contributed by atoms with van der Waals surface area (Å²) in [4.78, 5) is 22.3. The van der Waals surface area contributed by atoms with Crippen molar-refractivity contribution in [2.24, 2.45) is 0 Å². The van der Waals surface area contributed by atoms with E-state index in [1.54, 1.807) is 6.20 Å². The van der Waals surface area contributed by atoms with Crippen molar-refractivity contribution in [1.82, 2.24) is 14.9 Å². The molecule has 0 unspecified atom stereocenters. The number of fused-ring (bicyclic) bond motifs is 1. The molecule has 0 aliphatic heterocycles. The molecule has 0 saturated carbocycles. The Kier molecular flexibility index (Phi) is 6.56. The van der Waals surface area contributed by atoms with E-state index < -0.39 is 0 Å². The molecule has 33 heavy (non-hydrogen) atoms. The number of rotatable bonds is 5. The summed E-state index contributed by atoms with van der Waals surface area (Å²) in [5.41, 5.74) is 7.94. The zero-order valence-corrected chi connectivity index (χ0v) is 20.2. The normalized spacial score (nSPS) is 10.9. The van der Waals surface area contributed by atoms with Crippen molar-refractivity contribution in [2.45, 2.75) is 40.8 Å². The van der Waals surface area contributed by atoms with Crippen molar-refractivity contribution in [3.8, 4) is 0 Å². The Labute approximate surface area is 199 Å². The molecule has 6 heteroatoms. The molecular weight excluding hydrogens is 428 g/mol. The highest BCUT2D eigenvalue weighted by Gasteiger charge is 2.16. The van der Waals surface area contributed by atoms with Gasteiger partial charge in [-0.25, -0.2) is 0 Å². The predicted octanol–water partition coefficient (Wildman–Crippen LogP) is 5.56. The van der Waals surface area contributed by atoms with E-state index in [1.807, 2.05) is 48.4 Å². The molecule has 0 saturated heterocycles. The first-order chi connectivity index (χ1) is 15.8. The molecule has 0 bridgehead atoms. The van der Waals surface area contributed by atoms with Gasteiger partial charge < -0.3 is 15.2 Å². The van der Waals surface area contributed by atoms with E-state index in [1.165, 1.54) is 5.56 Å². The maximum atomic E-state index is 13.0. The summed E-state index contributed by atoms with van der Waals surface area (Å²) >= 11 is 5.82. The SMILES string of the molecule is Cc1ccc(NC(=S)N(Cc2cccnc2)Cc2cc3c(C)ccc(C)c3[nH]c2=O)c(C)c1. The Morgan fingerprint density at radius 3 is 2.52 bits per heavy atom. The second kappa shape index (κ2) is 9.55. The first kappa shape index (κ1) is 22.7. The monoisotopic (exact) mass is 456 g/mol. The number of benzene rings is 2. The van der Waals surface area contributed by atoms with Crippen LogP contribution in [0.5, 0.6) is 0 Å². The van der Waals surface area contributed by atoms with Gasteiger partial charge in [-0.05, 0) is 80.4 Å². The molecular formula is C27H28N4OS. The summed E-state index contributed by atoms with van der Waals surface area (Å²) in [5.74, 6) is 0. The van der Waals surface area contributed by atoms with Gasteiger partial charge in [0, 0.05) is 35.6 Å². The van der Waals surface area contributed by atoms with Crippen molar-refractivity contribution >= 4 is 33.9 Å². The Hall–Kier alpha value is -3.51. The molecule has 0 aliphatic rings. The van der Waals surface area contributed by atoms with E-state index in [4.69, 9.17) is 12.2 Å². The fourth-order valence-electron chi connectivity index (χ4n) is 4.00. The third-order valence-corrected chi connectivity index (χ3v) is 6.25. The number of hydrogen-bond acceptors (Lipinski definition) is 3. The van der Waals surface area contributed by atoms with Gasteiger partial charge in [-0.2, -0.15) is 0 Å². The molecule has 2 N–H and O–H groups in total. The van der Waals surface area contributed by atoms with Crippen LogP contribution in [0.15, 0.2) is 65.7 Å². The summed E-state index contributed by atoms with van der Waals surface area (Å²) in [6.07, 6.45) is 3.57. The number of aromatic amines is 1. The lowest BCUT2D eigenvalue weighted by atomic mass is 10.0. The maximum absolute atomic E-state index is 13.0. The quantitative estimate of drug-likeness (QED) is 0.385. The lowest BCUT2D eigenvalue weighted by Gasteiger charge is -2.26. The fraction of sp³-hybridized carbons (Fsp3) is 0.222. The molecule has 2 heterocycles. The smallest absolute Gasteiger partial charge is 0.253 e. The molecule has 5 nitrogen and oxygen atoms in total. The van der Waals surface area contributed by atoms with Gasteiger partial charge in [-0.1, -0.05) is 35.9 Å². The summed E-state index contributed by atoms with van der Waals surface area (Å²) in [6, 6.07) is 16.2. The Balaban J connectivity index is 1.69. The minimum Gasteiger partial charge on any atom is -0.340 e. The minimum atomic E-state index is -0.0956. The van der Waals surface area contributed by atoms with Crippen LogP contribution in [-0.4, -0.2) is 20.0 Å². The van der Waals surface area contributed by atoms with Crippen LogP contribution >= 0.6 is 12.2 Å². The number of aromatic nitrogens is 2. The fourth-order valence-corrected chi connectivity index (χ4v) is 4.24. The maximum Gasteiger partial charge on any atom is 0.253 e. The molecule has 2 aromatic heterocycles. The van der Waals surface area contributed by atoms with Gasteiger partial charge in [0.1, 0.15) is 0 Å². The minimum absolute atomic E-state index is 0.0956. The van der Waals surface area contributed by atoms with Crippen LogP contribution in [0.4, 0.5) is 5.69 Å². The molecule has 0 amide bonds. The van der Waals surface area contributed by atoms with Gasteiger partial charge in [0.05, 0.1) is 12.1 Å². The Morgan fingerprint density at radius 1 is 1.00 bits per heavy atom. The molecule has 0 radical (unpaired) electrons.